The molecule has 0 fully saturated rings. The van der Waals surface area contributed by atoms with Gasteiger partial charge in [-0.25, -0.2) is 9.97 Å². The van der Waals surface area contributed by atoms with Crippen molar-refractivity contribution in [2.45, 2.75) is 12.8 Å². The molecule has 2 rings (SSSR count). The third-order valence-corrected chi connectivity index (χ3v) is 3.79. The molecule has 19 heavy (non-hydrogen) atoms. The summed E-state index contributed by atoms with van der Waals surface area (Å²) in [5, 5.41) is 4.85. The Morgan fingerprint density at radius 3 is 2.89 bits per heavy atom. The average molecular weight is 276 g/mol. The minimum atomic E-state index is -0.185. The summed E-state index contributed by atoms with van der Waals surface area (Å²) in [6.45, 7) is 1.89. The van der Waals surface area contributed by atoms with Gasteiger partial charge in [0.15, 0.2) is 5.82 Å². The standard InChI is InChI=1S/C13H16N4OS/c1-9(11-5-4-6-19-11)13(18)16-10-7-14-8-15-12(10)17(2)3/h4-9H,1-3H3,(H,16,18). The lowest BCUT2D eigenvalue weighted by Crippen LogP contribution is -2.21. The van der Waals surface area contributed by atoms with Crippen LogP contribution in [0.1, 0.15) is 17.7 Å². The Hall–Kier alpha value is -1.95. The molecule has 0 aliphatic heterocycles. The highest BCUT2D eigenvalue weighted by molar-refractivity contribution is 7.10. The molecule has 2 aromatic rings. The van der Waals surface area contributed by atoms with Crippen molar-refractivity contribution in [3.05, 3.63) is 34.9 Å². The first kappa shape index (κ1) is 13.5. The monoisotopic (exact) mass is 276 g/mol. The second-order valence-electron chi connectivity index (χ2n) is 4.38. The van der Waals surface area contributed by atoms with Gasteiger partial charge in [-0.15, -0.1) is 11.3 Å². The number of aromatic nitrogens is 2. The molecule has 0 spiro atoms. The number of thiophene rings is 1. The Kier molecular flexibility index (Phi) is 4.11. The van der Waals surface area contributed by atoms with Gasteiger partial charge in [-0.3, -0.25) is 4.79 Å². The van der Waals surface area contributed by atoms with Crippen molar-refractivity contribution in [2.24, 2.45) is 0 Å². The van der Waals surface area contributed by atoms with Gasteiger partial charge in [0.25, 0.3) is 0 Å². The van der Waals surface area contributed by atoms with Crippen LogP contribution in [0.2, 0.25) is 0 Å². The highest BCUT2D eigenvalue weighted by Gasteiger charge is 2.18. The van der Waals surface area contributed by atoms with E-state index in [-0.39, 0.29) is 11.8 Å². The molecule has 0 aromatic carbocycles. The number of anilines is 2. The highest BCUT2D eigenvalue weighted by Crippen LogP contribution is 2.24. The predicted octanol–water partition coefficient (Wildman–Crippen LogP) is 2.35. The van der Waals surface area contributed by atoms with E-state index in [9.17, 15) is 4.79 Å². The largest absolute Gasteiger partial charge is 0.361 e. The molecule has 5 nitrogen and oxygen atoms in total. The molecule has 0 radical (unpaired) electrons. The fourth-order valence-electron chi connectivity index (χ4n) is 1.68. The normalized spacial score (nSPS) is 11.9. The van der Waals surface area contributed by atoms with Crippen molar-refractivity contribution < 1.29 is 4.79 Å². The average Bonchev–Trinajstić information content (AvgIpc) is 2.92. The minimum absolute atomic E-state index is 0.0552. The maximum absolute atomic E-state index is 12.2. The van der Waals surface area contributed by atoms with E-state index in [1.165, 1.54) is 6.33 Å². The molecule has 100 valence electrons. The lowest BCUT2D eigenvalue weighted by atomic mass is 10.1. The van der Waals surface area contributed by atoms with Crippen LogP contribution in [0.15, 0.2) is 30.0 Å². The van der Waals surface area contributed by atoms with Gasteiger partial charge in [-0.05, 0) is 18.4 Å². The van der Waals surface area contributed by atoms with E-state index in [2.05, 4.69) is 15.3 Å². The van der Waals surface area contributed by atoms with Crippen LogP contribution in [0.3, 0.4) is 0 Å². The van der Waals surface area contributed by atoms with Crippen molar-refractivity contribution in [1.29, 1.82) is 0 Å². The van der Waals surface area contributed by atoms with Crippen LogP contribution in [-0.2, 0) is 4.79 Å². The maximum Gasteiger partial charge on any atom is 0.232 e. The Balaban J connectivity index is 2.15. The molecule has 1 N–H and O–H groups in total. The van der Waals surface area contributed by atoms with Gasteiger partial charge >= 0.3 is 0 Å². The van der Waals surface area contributed by atoms with Crippen molar-refractivity contribution >= 4 is 28.7 Å². The fourth-order valence-corrected chi connectivity index (χ4v) is 2.46. The number of carbonyl (C=O) groups excluding carboxylic acids is 1. The van der Waals surface area contributed by atoms with Crippen molar-refractivity contribution in [1.82, 2.24) is 9.97 Å². The van der Waals surface area contributed by atoms with Gasteiger partial charge in [-0.1, -0.05) is 6.07 Å². The van der Waals surface area contributed by atoms with Gasteiger partial charge < -0.3 is 10.2 Å². The van der Waals surface area contributed by atoms with Gasteiger partial charge in [0.1, 0.15) is 12.0 Å². The number of hydrogen-bond donors (Lipinski definition) is 1. The lowest BCUT2D eigenvalue weighted by Gasteiger charge is -2.17. The molecule has 2 aromatic heterocycles. The maximum atomic E-state index is 12.2. The summed E-state index contributed by atoms with van der Waals surface area (Å²) in [7, 11) is 3.75. The minimum Gasteiger partial charge on any atom is -0.361 e. The summed E-state index contributed by atoms with van der Waals surface area (Å²) in [6, 6.07) is 3.91. The molecule has 0 aliphatic rings. The summed E-state index contributed by atoms with van der Waals surface area (Å²) in [6.07, 6.45) is 3.08. The van der Waals surface area contributed by atoms with Gasteiger partial charge in [-0.2, -0.15) is 0 Å². The number of rotatable bonds is 4. The van der Waals surface area contributed by atoms with E-state index in [0.717, 1.165) is 4.88 Å². The first-order chi connectivity index (χ1) is 9.09. The van der Waals surface area contributed by atoms with Crippen molar-refractivity contribution in [3.63, 3.8) is 0 Å². The summed E-state index contributed by atoms with van der Waals surface area (Å²) in [5.74, 6) is 0.456. The Morgan fingerprint density at radius 1 is 1.47 bits per heavy atom. The first-order valence-corrected chi connectivity index (χ1v) is 6.79. The summed E-state index contributed by atoms with van der Waals surface area (Å²) >= 11 is 1.58. The number of nitrogens with one attached hydrogen (secondary N) is 1. The zero-order valence-electron chi connectivity index (χ0n) is 11.1. The van der Waals surface area contributed by atoms with Crippen LogP contribution < -0.4 is 10.2 Å². The van der Waals surface area contributed by atoms with Gasteiger partial charge in [0.05, 0.1) is 12.1 Å². The van der Waals surface area contributed by atoms with E-state index in [0.29, 0.717) is 11.5 Å². The summed E-state index contributed by atoms with van der Waals surface area (Å²) in [4.78, 5) is 23.2. The van der Waals surface area contributed by atoms with Crippen LogP contribution in [-0.4, -0.2) is 30.0 Å². The first-order valence-electron chi connectivity index (χ1n) is 5.91. The third kappa shape index (κ3) is 3.08. The van der Waals surface area contributed by atoms with E-state index in [1.54, 1.807) is 17.5 Å². The Morgan fingerprint density at radius 2 is 2.26 bits per heavy atom. The molecule has 1 amide bonds. The smallest absolute Gasteiger partial charge is 0.232 e. The SMILES string of the molecule is CC(C(=O)Nc1cncnc1N(C)C)c1cccs1. The summed E-state index contributed by atoms with van der Waals surface area (Å²) < 4.78 is 0. The van der Waals surface area contributed by atoms with Crippen molar-refractivity contribution in [2.75, 3.05) is 24.3 Å². The molecule has 1 atom stereocenters. The number of nitrogens with zero attached hydrogens (tertiary/aromatic N) is 3. The predicted molar refractivity (Wildman–Crippen MR) is 77.7 cm³/mol. The topological polar surface area (TPSA) is 58.1 Å². The van der Waals surface area contributed by atoms with Crippen LogP contribution in [0.5, 0.6) is 0 Å². The van der Waals surface area contributed by atoms with E-state index >= 15 is 0 Å². The Labute approximate surface area is 116 Å². The van der Waals surface area contributed by atoms with E-state index in [4.69, 9.17) is 0 Å². The van der Waals surface area contributed by atoms with Crippen LogP contribution in [0, 0.1) is 0 Å². The Bertz CT molecular complexity index is 554. The van der Waals surface area contributed by atoms with Crippen molar-refractivity contribution in [3.8, 4) is 0 Å². The second-order valence-corrected chi connectivity index (χ2v) is 5.36. The molecule has 0 bridgehead atoms. The number of carbonyl (C=O) groups is 1. The van der Waals surface area contributed by atoms with Crippen LogP contribution in [0.25, 0.3) is 0 Å². The molecule has 0 aliphatic carbocycles. The lowest BCUT2D eigenvalue weighted by molar-refractivity contribution is -0.117. The quantitative estimate of drug-likeness (QED) is 0.931. The zero-order valence-corrected chi connectivity index (χ0v) is 11.9. The molecule has 0 saturated heterocycles. The molecular formula is C13H16N4OS. The molecule has 1 unspecified atom stereocenters. The molecular weight excluding hydrogens is 260 g/mol. The molecule has 2 heterocycles. The van der Waals surface area contributed by atoms with Crippen LogP contribution in [0.4, 0.5) is 11.5 Å². The van der Waals surface area contributed by atoms with Gasteiger partial charge in [0.2, 0.25) is 5.91 Å². The highest BCUT2D eigenvalue weighted by atomic mass is 32.1. The van der Waals surface area contributed by atoms with E-state index in [1.807, 2.05) is 43.4 Å². The molecule has 6 heteroatoms. The number of amides is 1. The second kappa shape index (κ2) is 5.79. The number of hydrogen-bond acceptors (Lipinski definition) is 5. The fraction of sp³-hybridized carbons (Fsp3) is 0.308. The van der Waals surface area contributed by atoms with Gasteiger partial charge in [0, 0.05) is 19.0 Å². The molecule has 0 saturated carbocycles. The zero-order chi connectivity index (χ0) is 13.8. The summed E-state index contributed by atoms with van der Waals surface area (Å²) in [5.41, 5.74) is 0.626. The third-order valence-electron chi connectivity index (χ3n) is 2.74. The van der Waals surface area contributed by atoms with E-state index < -0.39 is 0 Å². The van der Waals surface area contributed by atoms with Crippen LogP contribution >= 0.6 is 11.3 Å².